The molecule has 1 aromatic heterocycles. The van der Waals surface area contributed by atoms with Gasteiger partial charge in [-0.25, -0.2) is 0 Å². The first-order chi connectivity index (χ1) is 14.4. The highest BCUT2D eigenvalue weighted by atomic mass is 79.9. The molecule has 0 aliphatic heterocycles. The van der Waals surface area contributed by atoms with Crippen LogP contribution in [0.3, 0.4) is 0 Å². The molecule has 152 valence electrons. The van der Waals surface area contributed by atoms with E-state index in [0.717, 1.165) is 21.4 Å². The van der Waals surface area contributed by atoms with Crippen LogP contribution in [0.25, 0.3) is 6.08 Å². The van der Waals surface area contributed by atoms with E-state index in [-0.39, 0.29) is 5.57 Å². The molecule has 2 aromatic carbocycles. The fraction of sp³-hybridized carbons (Fsp3) is 0.130. The van der Waals surface area contributed by atoms with Crippen LogP contribution in [0, 0.1) is 25.2 Å². The number of hydrogen-bond donors (Lipinski definition) is 1. The average Bonchev–Trinajstić information content (AvgIpc) is 3.03. The van der Waals surface area contributed by atoms with Gasteiger partial charge in [-0.2, -0.15) is 5.26 Å². The second kappa shape index (κ2) is 9.79. The summed E-state index contributed by atoms with van der Waals surface area (Å²) in [5, 5.41) is 9.61. The average molecular weight is 529 g/mol. The van der Waals surface area contributed by atoms with Crippen molar-refractivity contribution in [1.82, 2.24) is 4.68 Å². The molecule has 0 atom stereocenters. The zero-order chi connectivity index (χ0) is 21.7. The second-order valence-electron chi connectivity index (χ2n) is 6.64. The molecule has 0 fully saturated rings. The number of nitrogens with one attached hydrogen (secondary N) is 1. The van der Waals surface area contributed by atoms with Crippen molar-refractivity contribution in [2.75, 3.05) is 5.43 Å². The summed E-state index contributed by atoms with van der Waals surface area (Å²) in [6.45, 7) is 4.12. The third-order valence-electron chi connectivity index (χ3n) is 4.41. The van der Waals surface area contributed by atoms with Crippen LogP contribution in [0.4, 0.5) is 0 Å². The van der Waals surface area contributed by atoms with E-state index in [0.29, 0.717) is 22.4 Å². The summed E-state index contributed by atoms with van der Waals surface area (Å²) < 4.78 is 9.18. The molecule has 1 amide bonds. The number of nitrogens with zero attached hydrogens (tertiary/aromatic N) is 2. The van der Waals surface area contributed by atoms with Crippen LogP contribution in [0.2, 0.25) is 0 Å². The summed E-state index contributed by atoms with van der Waals surface area (Å²) in [5.74, 6) is 0.0564. The molecular formula is C23H19Br2N3O2. The van der Waals surface area contributed by atoms with Gasteiger partial charge in [0.15, 0.2) is 0 Å². The maximum Gasteiger partial charge on any atom is 0.280 e. The molecule has 0 bridgehead atoms. The van der Waals surface area contributed by atoms with Gasteiger partial charge in [0.2, 0.25) is 0 Å². The van der Waals surface area contributed by atoms with Gasteiger partial charge in [-0.1, -0.05) is 46.3 Å². The lowest BCUT2D eigenvalue weighted by atomic mass is 10.1. The van der Waals surface area contributed by atoms with E-state index in [1.807, 2.05) is 74.5 Å². The lowest BCUT2D eigenvalue weighted by Gasteiger charge is -2.14. The van der Waals surface area contributed by atoms with Crippen molar-refractivity contribution in [3.8, 4) is 11.8 Å². The van der Waals surface area contributed by atoms with Gasteiger partial charge in [-0.05, 0) is 65.7 Å². The lowest BCUT2D eigenvalue weighted by molar-refractivity contribution is -0.113. The Hall–Kier alpha value is -2.82. The van der Waals surface area contributed by atoms with Gasteiger partial charge >= 0.3 is 0 Å². The minimum absolute atomic E-state index is 0.0305. The molecule has 0 unspecified atom stereocenters. The topological polar surface area (TPSA) is 67.0 Å². The van der Waals surface area contributed by atoms with E-state index in [2.05, 4.69) is 37.3 Å². The van der Waals surface area contributed by atoms with Gasteiger partial charge in [0, 0.05) is 21.4 Å². The minimum atomic E-state index is -0.495. The molecule has 3 aromatic rings. The first kappa shape index (κ1) is 21.9. The largest absolute Gasteiger partial charge is 0.487 e. The molecule has 1 heterocycles. The SMILES string of the molecule is Cc1ccc(C)n1NC(=O)/C(C#N)=C\c1cc(Br)cc(Br)c1OCc1ccccc1. The molecule has 7 heteroatoms. The zero-order valence-electron chi connectivity index (χ0n) is 16.4. The van der Waals surface area contributed by atoms with Crippen LogP contribution in [0.5, 0.6) is 5.75 Å². The number of amides is 1. The van der Waals surface area contributed by atoms with Crippen molar-refractivity contribution in [2.24, 2.45) is 0 Å². The summed E-state index contributed by atoms with van der Waals surface area (Å²) in [4.78, 5) is 12.7. The van der Waals surface area contributed by atoms with Gasteiger partial charge in [0.25, 0.3) is 5.91 Å². The quantitative estimate of drug-likeness (QED) is 0.320. The van der Waals surface area contributed by atoms with Crippen molar-refractivity contribution in [3.63, 3.8) is 0 Å². The number of rotatable bonds is 6. The zero-order valence-corrected chi connectivity index (χ0v) is 19.6. The Labute approximate surface area is 192 Å². The molecule has 5 nitrogen and oxygen atoms in total. The molecule has 0 radical (unpaired) electrons. The number of aryl methyl sites for hydroxylation is 2. The molecule has 0 aliphatic rings. The van der Waals surface area contributed by atoms with E-state index in [4.69, 9.17) is 4.74 Å². The Balaban J connectivity index is 1.91. The van der Waals surface area contributed by atoms with Gasteiger partial charge in [-0.15, -0.1) is 0 Å². The molecule has 0 saturated carbocycles. The minimum Gasteiger partial charge on any atom is -0.487 e. The number of carbonyl (C=O) groups is 1. The number of benzene rings is 2. The Morgan fingerprint density at radius 1 is 1.13 bits per heavy atom. The van der Waals surface area contributed by atoms with Gasteiger partial charge in [-0.3, -0.25) is 14.9 Å². The van der Waals surface area contributed by atoms with E-state index in [9.17, 15) is 10.1 Å². The number of halogens is 2. The highest BCUT2D eigenvalue weighted by molar-refractivity contribution is 9.11. The fourth-order valence-electron chi connectivity index (χ4n) is 2.88. The van der Waals surface area contributed by atoms with Gasteiger partial charge in [0.1, 0.15) is 24.0 Å². The van der Waals surface area contributed by atoms with Crippen LogP contribution >= 0.6 is 31.9 Å². The molecule has 3 rings (SSSR count). The summed E-state index contributed by atoms with van der Waals surface area (Å²) in [6, 6.07) is 19.2. The highest BCUT2D eigenvalue weighted by Gasteiger charge is 2.15. The molecule has 0 aliphatic carbocycles. The van der Waals surface area contributed by atoms with Crippen molar-refractivity contribution < 1.29 is 9.53 Å². The summed E-state index contributed by atoms with van der Waals surface area (Å²) >= 11 is 6.97. The van der Waals surface area contributed by atoms with Gasteiger partial charge in [0.05, 0.1) is 4.47 Å². The first-order valence-electron chi connectivity index (χ1n) is 9.13. The number of hydrogen-bond acceptors (Lipinski definition) is 3. The Morgan fingerprint density at radius 3 is 2.43 bits per heavy atom. The first-order valence-corrected chi connectivity index (χ1v) is 10.7. The normalized spacial score (nSPS) is 11.1. The standard InChI is InChI=1S/C23H19Br2N3O2/c1-15-8-9-16(2)28(15)27-23(29)19(13-26)10-18-11-20(24)12-21(25)22(18)30-14-17-6-4-3-5-7-17/h3-12H,14H2,1-2H3,(H,27,29)/b19-10-. The van der Waals surface area contributed by atoms with Crippen molar-refractivity contribution in [3.05, 3.63) is 91.6 Å². The molecule has 0 saturated heterocycles. The highest BCUT2D eigenvalue weighted by Crippen LogP contribution is 2.35. The predicted octanol–water partition coefficient (Wildman–Crippen LogP) is 5.89. The number of ether oxygens (including phenoxy) is 1. The smallest absolute Gasteiger partial charge is 0.280 e. The molecule has 0 spiro atoms. The predicted molar refractivity (Wildman–Crippen MR) is 124 cm³/mol. The third kappa shape index (κ3) is 5.21. The summed E-state index contributed by atoms with van der Waals surface area (Å²) in [5.41, 5.74) is 6.09. The maximum atomic E-state index is 12.7. The third-order valence-corrected chi connectivity index (χ3v) is 5.46. The van der Waals surface area contributed by atoms with E-state index in [1.54, 1.807) is 4.68 Å². The van der Waals surface area contributed by atoms with Crippen molar-refractivity contribution in [1.29, 1.82) is 5.26 Å². The second-order valence-corrected chi connectivity index (χ2v) is 8.41. The Kier molecular flexibility index (Phi) is 7.14. The van der Waals surface area contributed by atoms with E-state index >= 15 is 0 Å². The van der Waals surface area contributed by atoms with Crippen molar-refractivity contribution in [2.45, 2.75) is 20.5 Å². The fourth-order valence-corrected chi connectivity index (χ4v) is 4.25. The van der Waals surface area contributed by atoms with Crippen molar-refractivity contribution >= 4 is 43.8 Å². The van der Waals surface area contributed by atoms with Gasteiger partial charge < -0.3 is 4.74 Å². The van der Waals surface area contributed by atoms with E-state index in [1.165, 1.54) is 6.08 Å². The van der Waals surface area contributed by atoms with Crippen LogP contribution in [-0.2, 0) is 11.4 Å². The number of aromatic nitrogens is 1. The maximum absolute atomic E-state index is 12.7. The Morgan fingerprint density at radius 2 is 1.80 bits per heavy atom. The van der Waals surface area contributed by atoms with Crippen LogP contribution in [-0.4, -0.2) is 10.6 Å². The number of carbonyl (C=O) groups excluding carboxylic acids is 1. The van der Waals surface area contributed by atoms with Crippen LogP contribution in [0.1, 0.15) is 22.5 Å². The monoisotopic (exact) mass is 527 g/mol. The molecule has 1 N–H and O–H groups in total. The Bertz CT molecular complexity index is 1130. The molecule has 30 heavy (non-hydrogen) atoms. The summed E-state index contributed by atoms with van der Waals surface area (Å²) in [6.07, 6.45) is 1.53. The molecular weight excluding hydrogens is 510 g/mol. The van der Waals surface area contributed by atoms with Crippen LogP contribution in [0.15, 0.2) is 69.1 Å². The summed E-state index contributed by atoms with van der Waals surface area (Å²) in [7, 11) is 0. The lowest BCUT2D eigenvalue weighted by Crippen LogP contribution is -2.25. The van der Waals surface area contributed by atoms with Crippen LogP contribution < -0.4 is 10.2 Å². The van der Waals surface area contributed by atoms with E-state index < -0.39 is 5.91 Å². The number of nitriles is 1.